The Bertz CT molecular complexity index is 837. The predicted octanol–water partition coefficient (Wildman–Crippen LogP) is 1.52. The molecule has 1 fully saturated rings. The van der Waals surface area contributed by atoms with Crippen LogP contribution in [0.2, 0.25) is 0 Å². The van der Waals surface area contributed by atoms with Crippen molar-refractivity contribution in [3.8, 4) is 0 Å². The lowest BCUT2D eigenvalue weighted by molar-refractivity contribution is -0.135. The number of fused-ring (bicyclic) bond motifs is 1. The molecule has 1 aliphatic heterocycles. The van der Waals surface area contributed by atoms with Gasteiger partial charge in [0.05, 0.1) is 24.2 Å². The highest BCUT2D eigenvalue weighted by Crippen LogP contribution is 2.17. The smallest absolute Gasteiger partial charge is 0.246 e. The van der Waals surface area contributed by atoms with Crippen LogP contribution in [0.15, 0.2) is 36.4 Å². The molecule has 1 aromatic heterocycles. The van der Waals surface area contributed by atoms with Crippen LogP contribution in [-0.2, 0) is 27.3 Å². The molecular formula is C20H26N4O3. The Morgan fingerprint density at radius 2 is 2.00 bits per heavy atom. The van der Waals surface area contributed by atoms with Crippen LogP contribution >= 0.6 is 0 Å². The first-order valence-electron chi connectivity index (χ1n) is 9.29. The van der Waals surface area contributed by atoms with E-state index in [1.807, 2.05) is 33.7 Å². The van der Waals surface area contributed by atoms with Crippen molar-refractivity contribution in [2.75, 3.05) is 32.8 Å². The van der Waals surface area contributed by atoms with Crippen molar-refractivity contribution in [1.82, 2.24) is 19.8 Å². The van der Waals surface area contributed by atoms with Gasteiger partial charge in [0.1, 0.15) is 12.4 Å². The lowest BCUT2D eigenvalue weighted by atomic mass is 10.2. The largest absolute Gasteiger partial charge is 0.378 e. The number of aryl methyl sites for hydroxylation is 1. The summed E-state index contributed by atoms with van der Waals surface area (Å²) in [6.07, 6.45) is 1.43. The lowest BCUT2D eigenvalue weighted by Crippen LogP contribution is -2.42. The Labute approximate surface area is 159 Å². The molecule has 0 bridgehead atoms. The number of hydrogen-bond donors (Lipinski definition) is 1. The summed E-state index contributed by atoms with van der Waals surface area (Å²) in [7, 11) is 0. The van der Waals surface area contributed by atoms with Crippen molar-refractivity contribution in [2.24, 2.45) is 0 Å². The maximum Gasteiger partial charge on any atom is 0.246 e. The SMILES string of the molecule is C=C(C)C(=O)NCCCc1nc2ccccc2n1CC(=O)N1CCOCC1. The number of nitrogens with one attached hydrogen (secondary N) is 1. The van der Waals surface area contributed by atoms with Crippen LogP contribution in [0, 0.1) is 0 Å². The van der Waals surface area contributed by atoms with Gasteiger partial charge in [-0.05, 0) is 25.5 Å². The zero-order valence-electron chi connectivity index (χ0n) is 15.7. The maximum atomic E-state index is 12.7. The normalized spacial score (nSPS) is 14.3. The lowest BCUT2D eigenvalue weighted by Gasteiger charge is -2.27. The second-order valence-corrected chi connectivity index (χ2v) is 6.74. The van der Waals surface area contributed by atoms with Crippen LogP contribution < -0.4 is 5.32 Å². The number of ether oxygens (including phenoxy) is 1. The summed E-state index contributed by atoms with van der Waals surface area (Å²) in [5, 5.41) is 2.83. The van der Waals surface area contributed by atoms with Gasteiger partial charge in [0.25, 0.3) is 0 Å². The van der Waals surface area contributed by atoms with Gasteiger partial charge in [-0.1, -0.05) is 18.7 Å². The quantitative estimate of drug-likeness (QED) is 0.592. The average molecular weight is 370 g/mol. The molecule has 0 radical (unpaired) electrons. The fourth-order valence-corrected chi connectivity index (χ4v) is 3.14. The molecule has 0 spiro atoms. The summed E-state index contributed by atoms with van der Waals surface area (Å²) in [6, 6.07) is 7.84. The first kappa shape index (κ1) is 19.1. The molecule has 0 atom stereocenters. The molecule has 7 nitrogen and oxygen atoms in total. The van der Waals surface area contributed by atoms with Crippen molar-refractivity contribution >= 4 is 22.8 Å². The number of morpholine rings is 1. The monoisotopic (exact) mass is 370 g/mol. The topological polar surface area (TPSA) is 76.5 Å². The molecule has 7 heteroatoms. The Morgan fingerprint density at radius 3 is 2.74 bits per heavy atom. The molecule has 0 saturated carbocycles. The number of benzene rings is 1. The summed E-state index contributed by atoms with van der Waals surface area (Å²) in [5.74, 6) is 0.812. The average Bonchev–Trinajstić information content (AvgIpc) is 3.03. The van der Waals surface area contributed by atoms with Crippen LogP contribution in [0.25, 0.3) is 11.0 Å². The zero-order valence-corrected chi connectivity index (χ0v) is 15.7. The Morgan fingerprint density at radius 1 is 1.26 bits per heavy atom. The van der Waals surface area contributed by atoms with Crippen molar-refractivity contribution < 1.29 is 14.3 Å². The van der Waals surface area contributed by atoms with Gasteiger partial charge in [-0.2, -0.15) is 0 Å². The van der Waals surface area contributed by atoms with Crippen LogP contribution in [0.5, 0.6) is 0 Å². The van der Waals surface area contributed by atoms with Gasteiger partial charge in [0, 0.05) is 31.6 Å². The second-order valence-electron chi connectivity index (χ2n) is 6.74. The van der Waals surface area contributed by atoms with E-state index >= 15 is 0 Å². The summed E-state index contributed by atoms with van der Waals surface area (Å²) in [5.41, 5.74) is 2.34. The molecule has 2 amide bonds. The molecule has 144 valence electrons. The minimum Gasteiger partial charge on any atom is -0.378 e. The number of carbonyl (C=O) groups is 2. The molecule has 1 aliphatic rings. The van der Waals surface area contributed by atoms with Crippen LogP contribution in [0.1, 0.15) is 19.2 Å². The summed E-state index contributed by atoms with van der Waals surface area (Å²) >= 11 is 0. The number of imidazole rings is 1. The van der Waals surface area contributed by atoms with Crippen LogP contribution in [-0.4, -0.2) is 59.1 Å². The van der Waals surface area contributed by atoms with E-state index in [4.69, 9.17) is 9.72 Å². The first-order chi connectivity index (χ1) is 13.1. The molecule has 0 unspecified atom stereocenters. The Kier molecular flexibility index (Phi) is 6.24. The van der Waals surface area contributed by atoms with Gasteiger partial charge in [0.15, 0.2) is 0 Å². The number of rotatable bonds is 7. The molecule has 3 rings (SSSR count). The highest BCUT2D eigenvalue weighted by molar-refractivity contribution is 5.92. The van der Waals surface area contributed by atoms with E-state index < -0.39 is 0 Å². The second kappa shape index (κ2) is 8.81. The van der Waals surface area contributed by atoms with E-state index in [-0.39, 0.29) is 18.4 Å². The van der Waals surface area contributed by atoms with Crippen molar-refractivity contribution in [1.29, 1.82) is 0 Å². The summed E-state index contributed by atoms with van der Waals surface area (Å²) in [6.45, 7) is 8.58. The third kappa shape index (κ3) is 4.74. The van der Waals surface area contributed by atoms with Gasteiger partial charge in [-0.15, -0.1) is 0 Å². The van der Waals surface area contributed by atoms with Crippen molar-refractivity contribution in [3.05, 3.63) is 42.2 Å². The fourth-order valence-electron chi connectivity index (χ4n) is 3.14. The molecule has 27 heavy (non-hydrogen) atoms. The molecular weight excluding hydrogens is 344 g/mol. The third-order valence-electron chi connectivity index (χ3n) is 4.64. The van der Waals surface area contributed by atoms with Crippen molar-refractivity contribution in [2.45, 2.75) is 26.3 Å². The summed E-state index contributed by atoms with van der Waals surface area (Å²) in [4.78, 5) is 30.8. The number of amides is 2. The molecule has 1 saturated heterocycles. The minimum atomic E-state index is -0.133. The Hall–Kier alpha value is -2.67. The van der Waals surface area contributed by atoms with Crippen LogP contribution in [0.3, 0.4) is 0 Å². The number of para-hydroxylation sites is 2. The molecule has 1 aromatic carbocycles. The van der Waals surface area contributed by atoms with Gasteiger partial charge in [0.2, 0.25) is 11.8 Å². The molecule has 0 aliphatic carbocycles. The van der Waals surface area contributed by atoms with Crippen molar-refractivity contribution in [3.63, 3.8) is 0 Å². The van der Waals surface area contributed by atoms with E-state index in [0.29, 0.717) is 44.8 Å². The van der Waals surface area contributed by atoms with Gasteiger partial charge in [-0.25, -0.2) is 4.98 Å². The van der Waals surface area contributed by atoms with Gasteiger partial charge < -0.3 is 19.5 Å². The maximum absolute atomic E-state index is 12.7. The van der Waals surface area contributed by atoms with Gasteiger partial charge in [-0.3, -0.25) is 9.59 Å². The first-order valence-corrected chi connectivity index (χ1v) is 9.29. The standard InChI is InChI=1S/C20H26N4O3/c1-15(2)20(26)21-9-5-8-18-22-16-6-3-4-7-17(16)24(18)14-19(25)23-10-12-27-13-11-23/h3-4,6-7H,1,5,8-14H2,2H3,(H,21,26). The number of nitrogens with zero attached hydrogens (tertiary/aromatic N) is 3. The van der Waals surface area contributed by atoms with Crippen LogP contribution in [0.4, 0.5) is 0 Å². The van der Waals surface area contributed by atoms with Gasteiger partial charge >= 0.3 is 0 Å². The molecule has 2 heterocycles. The minimum absolute atomic E-state index is 0.0817. The number of carbonyl (C=O) groups excluding carboxylic acids is 2. The number of aromatic nitrogens is 2. The number of hydrogen-bond acceptors (Lipinski definition) is 4. The van der Waals surface area contributed by atoms with E-state index in [9.17, 15) is 9.59 Å². The Balaban J connectivity index is 1.70. The third-order valence-corrected chi connectivity index (χ3v) is 4.64. The van der Waals surface area contributed by atoms with E-state index in [1.165, 1.54) is 0 Å². The van der Waals surface area contributed by atoms with E-state index in [0.717, 1.165) is 23.3 Å². The predicted molar refractivity (Wildman–Crippen MR) is 103 cm³/mol. The molecule has 2 aromatic rings. The fraction of sp³-hybridized carbons (Fsp3) is 0.450. The highest BCUT2D eigenvalue weighted by atomic mass is 16.5. The highest BCUT2D eigenvalue weighted by Gasteiger charge is 2.20. The molecule has 1 N–H and O–H groups in total. The summed E-state index contributed by atoms with van der Waals surface area (Å²) < 4.78 is 7.32. The van der Waals surface area contributed by atoms with E-state index in [2.05, 4.69) is 11.9 Å². The van der Waals surface area contributed by atoms with E-state index in [1.54, 1.807) is 6.92 Å². The zero-order chi connectivity index (χ0) is 19.2.